The van der Waals surface area contributed by atoms with E-state index >= 15 is 0 Å². The zero-order valence-corrected chi connectivity index (χ0v) is 7.23. The van der Waals surface area contributed by atoms with Crippen LogP contribution in [-0.2, 0) is 4.79 Å². The molecule has 1 unspecified atom stereocenters. The number of fused-ring (bicyclic) bond motifs is 1. The van der Waals surface area contributed by atoms with Gasteiger partial charge in [0.1, 0.15) is 0 Å². The number of aliphatic carboxylic acids is 1. The Bertz CT molecular complexity index is 283. The minimum absolute atomic E-state index is 0.256. The molecule has 1 heterocycles. The summed E-state index contributed by atoms with van der Waals surface area (Å²) in [5.41, 5.74) is 0.499. The van der Waals surface area contributed by atoms with Crippen molar-refractivity contribution in [3.8, 4) is 0 Å². The zero-order chi connectivity index (χ0) is 8.55. The van der Waals surface area contributed by atoms with Crippen LogP contribution in [0.25, 0.3) is 0 Å². The molecule has 0 aromatic heterocycles. The molecule has 3 nitrogen and oxygen atoms in total. The van der Waals surface area contributed by atoms with Gasteiger partial charge < -0.3 is 5.11 Å². The molecule has 1 fully saturated rings. The third-order valence-corrected chi connectivity index (χ3v) is 3.12. The van der Waals surface area contributed by atoms with Crippen molar-refractivity contribution in [2.45, 2.75) is 12.5 Å². The third-order valence-electron chi connectivity index (χ3n) is 2.06. The van der Waals surface area contributed by atoms with E-state index < -0.39 is 5.97 Å². The SMILES string of the molecule is O=C(O)C1=CC=C2SCNC2C1. The second-order valence-corrected chi connectivity index (χ2v) is 3.86. The molecular formula is C8H9NO2S. The van der Waals surface area contributed by atoms with E-state index in [1.165, 1.54) is 4.91 Å². The highest BCUT2D eigenvalue weighted by Gasteiger charge is 2.26. The lowest BCUT2D eigenvalue weighted by molar-refractivity contribution is -0.132. The predicted octanol–water partition coefficient (Wildman–Crippen LogP) is 0.948. The molecule has 4 heteroatoms. The topological polar surface area (TPSA) is 49.3 Å². The van der Waals surface area contributed by atoms with E-state index in [4.69, 9.17) is 5.11 Å². The van der Waals surface area contributed by atoms with Gasteiger partial charge in [0.25, 0.3) is 0 Å². The van der Waals surface area contributed by atoms with E-state index in [0.717, 1.165) is 5.88 Å². The van der Waals surface area contributed by atoms with Crippen molar-refractivity contribution in [1.29, 1.82) is 0 Å². The molecule has 12 heavy (non-hydrogen) atoms. The Morgan fingerprint density at radius 1 is 1.67 bits per heavy atom. The fourth-order valence-electron chi connectivity index (χ4n) is 1.39. The lowest BCUT2D eigenvalue weighted by atomic mass is 10.0. The van der Waals surface area contributed by atoms with Gasteiger partial charge in [0.2, 0.25) is 0 Å². The molecule has 64 valence electrons. The van der Waals surface area contributed by atoms with Crippen LogP contribution in [-0.4, -0.2) is 23.0 Å². The Morgan fingerprint density at radius 2 is 2.50 bits per heavy atom. The van der Waals surface area contributed by atoms with Gasteiger partial charge in [-0.25, -0.2) is 4.79 Å². The first-order valence-electron chi connectivity index (χ1n) is 3.77. The number of thioether (sulfide) groups is 1. The van der Waals surface area contributed by atoms with Crippen LogP contribution in [0.15, 0.2) is 22.6 Å². The van der Waals surface area contributed by atoms with Crippen LogP contribution in [0, 0.1) is 0 Å². The maximum atomic E-state index is 10.6. The summed E-state index contributed by atoms with van der Waals surface area (Å²) in [5.74, 6) is 0.0982. The Labute approximate surface area is 74.5 Å². The van der Waals surface area contributed by atoms with Crippen LogP contribution >= 0.6 is 11.8 Å². The van der Waals surface area contributed by atoms with Crippen molar-refractivity contribution in [2.24, 2.45) is 0 Å². The Balaban J connectivity index is 2.20. The molecule has 0 radical (unpaired) electrons. The summed E-state index contributed by atoms with van der Waals surface area (Å²) < 4.78 is 0. The fraction of sp³-hybridized carbons (Fsp3) is 0.375. The highest BCUT2D eigenvalue weighted by molar-refractivity contribution is 8.03. The molecule has 0 saturated carbocycles. The van der Waals surface area contributed by atoms with Crippen LogP contribution < -0.4 is 5.32 Å². The van der Waals surface area contributed by atoms with E-state index in [0.29, 0.717) is 12.0 Å². The molecule has 1 aliphatic heterocycles. The molecule has 0 amide bonds. The van der Waals surface area contributed by atoms with Gasteiger partial charge in [-0.05, 0) is 6.42 Å². The predicted molar refractivity (Wildman–Crippen MR) is 47.8 cm³/mol. The number of rotatable bonds is 1. The average Bonchev–Trinajstić information content (AvgIpc) is 2.49. The molecule has 2 aliphatic rings. The Hall–Kier alpha value is -0.740. The monoisotopic (exact) mass is 183 g/mol. The number of carboxylic acid groups (broad SMARTS) is 1. The molecular weight excluding hydrogens is 174 g/mol. The van der Waals surface area contributed by atoms with Crippen LogP contribution in [0.5, 0.6) is 0 Å². The number of allylic oxidation sites excluding steroid dienone is 2. The van der Waals surface area contributed by atoms with Gasteiger partial charge in [0.15, 0.2) is 0 Å². The van der Waals surface area contributed by atoms with Crippen molar-refractivity contribution in [2.75, 3.05) is 5.88 Å². The third kappa shape index (κ3) is 1.28. The van der Waals surface area contributed by atoms with E-state index in [9.17, 15) is 4.79 Å². The highest BCUT2D eigenvalue weighted by atomic mass is 32.2. The molecule has 1 saturated heterocycles. The largest absolute Gasteiger partial charge is 0.478 e. The molecule has 0 aromatic carbocycles. The summed E-state index contributed by atoms with van der Waals surface area (Å²) in [6.45, 7) is 0. The summed E-state index contributed by atoms with van der Waals surface area (Å²) in [6.07, 6.45) is 4.23. The maximum absolute atomic E-state index is 10.6. The normalized spacial score (nSPS) is 27.5. The molecule has 0 aromatic rings. The van der Waals surface area contributed by atoms with Crippen molar-refractivity contribution in [3.63, 3.8) is 0 Å². The van der Waals surface area contributed by atoms with Gasteiger partial charge in [0.05, 0.1) is 0 Å². The number of nitrogens with one attached hydrogen (secondary N) is 1. The molecule has 1 aliphatic carbocycles. The first-order chi connectivity index (χ1) is 5.77. The lowest BCUT2D eigenvalue weighted by Crippen LogP contribution is -2.26. The minimum Gasteiger partial charge on any atom is -0.478 e. The van der Waals surface area contributed by atoms with Crippen LogP contribution in [0.3, 0.4) is 0 Å². The van der Waals surface area contributed by atoms with E-state index in [2.05, 4.69) is 5.32 Å². The first kappa shape index (κ1) is 7.89. The minimum atomic E-state index is -0.802. The van der Waals surface area contributed by atoms with E-state index in [1.807, 2.05) is 6.08 Å². The summed E-state index contributed by atoms with van der Waals surface area (Å²) in [4.78, 5) is 11.9. The van der Waals surface area contributed by atoms with Gasteiger partial charge in [-0.15, -0.1) is 11.8 Å². The summed E-state index contributed by atoms with van der Waals surface area (Å²) in [7, 11) is 0. The molecule has 0 spiro atoms. The van der Waals surface area contributed by atoms with Crippen molar-refractivity contribution in [3.05, 3.63) is 22.6 Å². The van der Waals surface area contributed by atoms with E-state index in [-0.39, 0.29) is 6.04 Å². The Kier molecular flexibility index (Phi) is 1.94. The van der Waals surface area contributed by atoms with Gasteiger partial charge in [-0.2, -0.15) is 0 Å². The van der Waals surface area contributed by atoms with Gasteiger partial charge >= 0.3 is 5.97 Å². The zero-order valence-electron chi connectivity index (χ0n) is 6.41. The summed E-state index contributed by atoms with van der Waals surface area (Å²) >= 11 is 1.75. The average molecular weight is 183 g/mol. The van der Waals surface area contributed by atoms with Gasteiger partial charge in [0, 0.05) is 22.4 Å². The summed E-state index contributed by atoms with van der Waals surface area (Å²) in [6, 6.07) is 0.256. The second-order valence-electron chi connectivity index (χ2n) is 2.82. The number of hydrogen-bond acceptors (Lipinski definition) is 3. The molecule has 0 bridgehead atoms. The lowest BCUT2D eigenvalue weighted by Gasteiger charge is -2.15. The quantitative estimate of drug-likeness (QED) is 0.635. The van der Waals surface area contributed by atoms with Crippen LogP contribution in [0.1, 0.15) is 6.42 Å². The van der Waals surface area contributed by atoms with Crippen LogP contribution in [0.4, 0.5) is 0 Å². The number of carboxylic acids is 1. The first-order valence-corrected chi connectivity index (χ1v) is 4.76. The summed E-state index contributed by atoms with van der Waals surface area (Å²) in [5, 5.41) is 12.0. The van der Waals surface area contributed by atoms with Gasteiger partial charge in [-0.3, -0.25) is 5.32 Å². The number of hydrogen-bond donors (Lipinski definition) is 2. The van der Waals surface area contributed by atoms with Crippen molar-refractivity contribution in [1.82, 2.24) is 5.32 Å². The molecule has 2 rings (SSSR count). The highest BCUT2D eigenvalue weighted by Crippen LogP contribution is 2.32. The standard InChI is InChI=1S/C8H9NO2S/c10-8(11)5-1-2-7-6(3-5)9-4-12-7/h1-2,6,9H,3-4H2,(H,10,11). The van der Waals surface area contributed by atoms with Crippen LogP contribution in [0.2, 0.25) is 0 Å². The Morgan fingerprint density at radius 3 is 3.25 bits per heavy atom. The smallest absolute Gasteiger partial charge is 0.331 e. The molecule has 1 atom stereocenters. The molecule has 2 N–H and O–H groups in total. The van der Waals surface area contributed by atoms with E-state index in [1.54, 1.807) is 17.8 Å². The van der Waals surface area contributed by atoms with Gasteiger partial charge in [-0.1, -0.05) is 12.2 Å². The number of carbonyl (C=O) groups is 1. The van der Waals surface area contributed by atoms with Crippen molar-refractivity contribution >= 4 is 17.7 Å². The van der Waals surface area contributed by atoms with Crippen molar-refractivity contribution < 1.29 is 9.90 Å². The maximum Gasteiger partial charge on any atom is 0.331 e. The second kappa shape index (κ2) is 2.95. The fourth-order valence-corrected chi connectivity index (χ4v) is 2.38.